The number of nitrogens with two attached hydrogens (primary N) is 1. The lowest BCUT2D eigenvalue weighted by molar-refractivity contribution is -0.313. The number of aliphatic hydroxyl groups excluding tert-OH is 5. The number of fused-ring (bicyclic) bond motifs is 2. The van der Waals surface area contributed by atoms with Gasteiger partial charge in [0.25, 0.3) is 0 Å². The van der Waals surface area contributed by atoms with Crippen molar-refractivity contribution in [2.24, 2.45) is 5.73 Å². The van der Waals surface area contributed by atoms with Crippen molar-refractivity contribution in [2.75, 3.05) is 26.4 Å². The summed E-state index contributed by atoms with van der Waals surface area (Å²) < 4.78 is 29.7. The molecule has 0 spiro atoms. The first-order valence-electron chi connectivity index (χ1n) is 26.5. The van der Waals surface area contributed by atoms with Gasteiger partial charge in [-0.25, -0.2) is 4.79 Å². The van der Waals surface area contributed by atoms with E-state index in [2.05, 4.69) is 53.2 Å². The lowest BCUT2D eigenvalue weighted by atomic mass is 9.95. The minimum Gasteiger partial charge on any atom is -0.480 e. The van der Waals surface area contributed by atoms with Gasteiger partial charge in [0.05, 0.1) is 32.0 Å². The zero-order valence-electron chi connectivity index (χ0n) is 46.9. The number of hydrogen-bond acceptors (Lipinski definition) is 23. The van der Waals surface area contributed by atoms with Crippen molar-refractivity contribution in [3.63, 3.8) is 0 Å². The number of hydrogen-bond donors (Lipinski definition) is 18. The van der Waals surface area contributed by atoms with E-state index in [1.807, 2.05) is 0 Å². The van der Waals surface area contributed by atoms with Crippen LogP contribution in [0.3, 0.4) is 0 Å². The van der Waals surface area contributed by atoms with E-state index < -0.39 is 219 Å². The van der Waals surface area contributed by atoms with Crippen LogP contribution in [0.1, 0.15) is 81.1 Å². The summed E-state index contributed by atoms with van der Waals surface area (Å²) in [5.74, 6) is -11.9. The van der Waals surface area contributed by atoms with Crippen LogP contribution in [0.15, 0.2) is 0 Å². The predicted molar refractivity (Wildman–Crippen MR) is 276 cm³/mol. The van der Waals surface area contributed by atoms with Crippen molar-refractivity contribution in [3.05, 3.63) is 0 Å². The van der Waals surface area contributed by atoms with E-state index in [0.29, 0.717) is 0 Å². The van der Waals surface area contributed by atoms with Crippen LogP contribution in [0.5, 0.6) is 0 Å². The number of amides is 10. The second-order valence-electron chi connectivity index (χ2n) is 20.2. The quantitative estimate of drug-likeness (QED) is 0.0278. The number of carboxylic acids is 2. The third kappa shape index (κ3) is 21.1. The summed E-state index contributed by atoms with van der Waals surface area (Å²) in [4.78, 5) is 152. The van der Waals surface area contributed by atoms with E-state index in [1.54, 1.807) is 0 Å². The average Bonchev–Trinajstić information content (AvgIpc) is 3.91. The molecule has 10 amide bonds. The fraction of sp³-hybridized carbons (Fsp3) is 0.750. The van der Waals surface area contributed by atoms with E-state index in [1.165, 1.54) is 41.5 Å². The zero-order chi connectivity index (χ0) is 62.7. The van der Waals surface area contributed by atoms with E-state index in [9.17, 15) is 93.3 Å². The third-order valence-corrected chi connectivity index (χ3v) is 13.1. The van der Waals surface area contributed by atoms with Crippen LogP contribution in [0.2, 0.25) is 0 Å². The van der Waals surface area contributed by atoms with Gasteiger partial charge in [-0.1, -0.05) is 0 Å². The van der Waals surface area contributed by atoms with Gasteiger partial charge in [0.15, 0.2) is 12.6 Å². The molecule has 0 aromatic rings. The minimum atomic E-state index is -1.77. The van der Waals surface area contributed by atoms with Gasteiger partial charge in [-0.2, -0.15) is 0 Å². The number of ether oxygens (including phenoxy) is 5. The second kappa shape index (κ2) is 32.9. The molecule has 2 bridgehead atoms. The first-order chi connectivity index (χ1) is 38.8. The number of carboxylic acid groups (broad SMARTS) is 2. The van der Waals surface area contributed by atoms with Crippen molar-refractivity contribution in [2.45, 2.75) is 203 Å². The van der Waals surface area contributed by atoms with Gasteiger partial charge in [-0.05, 0) is 60.8 Å². The Bertz CT molecular complexity index is 2320. The van der Waals surface area contributed by atoms with Crippen molar-refractivity contribution < 1.29 is 117 Å². The predicted octanol–water partition coefficient (Wildman–Crippen LogP) is -9.63. The van der Waals surface area contributed by atoms with Gasteiger partial charge in [-0.3, -0.25) is 52.7 Å². The van der Waals surface area contributed by atoms with Crippen LogP contribution in [-0.4, -0.2) is 255 Å². The SMILES string of the molecule is CC(=O)NC1C(OC2C3COC(O3)C(NC(C)=O)C2OC(C)C(=O)NC(C)C(=O)NC(CCC(=O)NC(CCCNC(=O)C(CO)NC(=O)C(C)NC(=O)C(NC(=O)C(C)N)C(C)O)C(=O)NC(C)C(=O)O)C(=O)O)OC(CO)C(O)C1O. The Balaban J connectivity index is 1.63. The average molecular weight is 1190 g/mol. The van der Waals surface area contributed by atoms with Gasteiger partial charge < -0.3 is 118 Å². The highest BCUT2D eigenvalue weighted by Gasteiger charge is 2.56. The van der Waals surface area contributed by atoms with Crippen LogP contribution in [0.4, 0.5) is 0 Å². The summed E-state index contributed by atoms with van der Waals surface area (Å²) in [6, 6.07) is -14.3. The van der Waals surface area contributed by atoms with E-state index in [4.69, 9.17) is 29.4 Å². The molecule has 3 rings (SSSR count). The van der Waals surface area contributed by atoms with Crippen molar-refractivity contribution in [1.29, 1.82) is 0 Å². The largest absolute Gasteiger partial charge is 0.480 e. The molecule has 3 heterocycles. The summed E-state index contributed by atoms with van der Waals surface area (Å²) in [7, 11) is 0. The van der Waals surface area contributed by atoms with Crippen molar-refractivity contribution in [1.82, 2.24) is 53.2 Å². The molecular formula is C48H79N11O24. The first-order valence-corrected chi connectivity index (χ1v) is 26.5. The van der Waals surface area contributed by atoms with Crippen LogP contribution in [0.25, 0.3) is 0 Å². The Morgan fingerprint density at radius 1 is 0.614 bits per heavy atom. The van der Waals surface area contributed by atoms with Crippen LogP contribution in [0, 0.1) is 0 Å². The third-order valence-electron chi connectivity index (χ3n) is 13.1. The Morgan fingerprint density at radius 3 is 1.73 bits per heavy atom. The summed E-state index contributed by atoms with van der Waals surface area (Å²) >= 11 is 0. The highest BCUT2D eigenvalue weighted by Crippen LogP contribution is 2.35. The molecule has 0 radical (unpaired) electrons. The van der Waals surface area contributed by atoms with E-state index in [-0.39, 0.29) is 26.0 Å². The molecule has 0 aromatic heterocycles. The molecule has 83 heavy (non-hydrogen) atoms. The van der Waals surface area contributed by atoms with Crippen molar-refractivity contribution in [3.8, 4) is 0 Å². The van der Waals surface area contributed by atoms with Gasteiger partial charge in [0, 0.05) is 26.8 Å². The van der Waals surface area contributed by atoms with Crippen LogP contribution >= 0.6 is 0 Å². The first kappa shape index (κ1) is 70.5. The monoisotopic (exact) mass is 1190 g/mol. The number of carbonyl (C=O) groups excluding carboxylic acids is 10. The topological polar surface area (TPSA) is 539 Å². The Morgan fingerprint density at radius 2 is 1.19 bits per heavy atom. The molecular weight excluding hydrogens is 1110 g/mol. The molecule has 35 heteroatoms. The number of aliphatic carboxylic acids is 2. The lowest BCUT2D eigenvalue weighted by Gasteiger charge is -2.47. The van der Waals surface area contributed by atoms with Gasteiger partial charge >= 0.3 is 11.9 Å². The Kier molecular flexibility index (Phi) is 27.9. The molecule has 0 aliphatic carbocycles. The molecule has 0 saturated carbocycles. The highest BCUT2D eigenvalue weighted by atomic mass is 16.8. The molecule has 3 fully saturated rings. The number of aliphatic hydroxyl groups is 5. The standard InChI is InChI=1S/C48H79N11O24/c1-17(49)38(68)59-31(21(5)62)44(74)52-19(3)40(70)58-27(14-60)42(72)50-13-9-10-25(43(73)53-20(4)45(75)76)56-30(65)12-11-26(46(77)78)57-39(69)18(2)51-41(71)22(6)80-37-33(55-24(8)64)47-79-16-29(82-47)36(37)83-48-32(54-23(7)63)35(67)34(66)28(15-61)81-48/h17-22,25-29,31-37,47-48,60-62,66-67H,9-16,49H2,1-8H3,(H,50,72)(H,51,71)(H,52,74)(H,53,73)(H,54,63)(H,55,64)(H,56,65)(H,57,69)(H,58,70)(H,59,68)(H,75,76)(H,77,78). The molecule has 19 N–H and O–H groups in total. The van der Waals surface area contributed by atoms with E-state index >= 15 is 0 Å². The Labute approximate surface area is 475 Å². The smallest absolute Gasteiger partial charge is 0.326 e. The number of rotatable bonds is 32. The van der Waals surface area contributed by atoms with Gasteiger partial charge in [0.2, 0.25) is 59.1 Å². The molecule has 20 unspecified atom stereocenters. The van der Waals surface area contributed by atoms with Crippen LogP contribution in [-0.2, 0) is 81.2 Å². The normalized spacial score (nSPS) is 26.4. The summed E-state index contributed by atoms with van der Waals surface area (Å²) in [5, 5.41) is 93.8. The maximum absolute atomic E-state index is 13.6. The summed E-state index contributed by atoms with van der Waals surface area (Å²) in [5.41, 5.74) is 5.50. The Hall–Kier alpha value is -6.80. The fourth-order valence-electron chi connectivity index (χ4n) is 8.45. The molecule has 35 nitrogen and oxygen atoms in total. The van der Waals surface area contributed by atoms with Crippen molar-refractivity contribution >= 4 is 71.0 Å². The lowest BCUT2D eigenvalue weighted by Crippen LogP contribution is -2.68. The van der Waals surface area contributed by atoms with Gasteiger partial charge in [0.1, 0.15) is 97.1 Å². The maximum atomic E-state index is 13.6. The highest BCUT2D eigenvalue weighted by molar-refractivity contribution is 5.95. The molecule has 3 aliphatic rings. The zero-order valence-corrected chi connectivity index (χ0v) is 46.9. The summed E-state index contributed by atoms with van der Waals surface area (Å²) in [6.07, 6.45) is -15.6. The van der Waals surface area contributed by atoms with Gasteiger partial charge in [-0.15, -0.1) is 0 Å². The van der Waals surface area contributed by atoms with Crippen LogP contribution < -0.4 is 58.9 Å². The molecule has 3 aliphatic heterocycles. The minimum absolute atomic E-state index is 0.105. The second-order valence-corrected chi connectivity index (χ2v) is 20.2. The molecule has 0 aromatic carbocycles. The van der Waals surface area contributed by atoms with E-state index in [0.717, 1.165) is 13.8 Å². The summed E-state index contributed by atoms with van der Waals surface area (Å²) in [6.45, 7) is 7.52. The molecule has 20 atom stereocenters. The fourth-order valence-corrected chi connectivity index (χ4v) is 8.45. The maximum Gasteiger partial charge on any atom is 0.326 e. The molecule has 3 saturated heterocycles. The molecule has 470 valence electrons. The number of carbonyl (C=O) groups is 12. The number of nitrogens with one attached hydrogen (secondary N) is 10.